The van der Waals surface area contributed by atoms with Gasteiger partial charge in [0.2, 0.25) is 0 Å². The van der Waals surface area contributed by atoms with E-state index in [0.717, 1.165) is 16.7 Å². The van der Waals surface area contributed by atoms with E-state index in [1.807, 2.05) is 26.0 Å². The molecule has 4 heteroatoms. The maximum Gasteiger partial charge on any atom is 0.255 e. The second-order valence-corrected chi connectivity index (χ2v) is 4.82. The minimum atomic E-state index is -0.290. The van der Waals surface area contributed by atoms with E-state index < -0.39 is 0 Å². The molecule has 2 aromatic rings. The summed E-state index contributed by atoms with van der Waals surface area (Å²) in [5, 5.41) is 21.5. The van der Waals surface area contributed by atoms with Crippen molar-refractivity contribution in [1.29, 1.82) is 0 Å². The van der Waals surface area contributed by atoms with Crippen LogP contribution >= 0.6 is 0 Å². The highest BCUT2D eigenvalue weighted by molar-refractivity contribution is 6.05. The molecule has 4 nitrogen and oxygen atoms in total. The van der Waals surface area contributed by atoms with E-state index in [9.17, 15) is 9.90 Å². The molecule has 2 rings (SSSR count). The van der Waals surface area contributed by atoms with Crippen molar-refractivity contribution >= 4 is 11.6 Å². The van der Waals surface area contributed by atoms with Crippen LogP contribution in [0, 0.1) is 13.8 Å². The van der Waals surface area contributed by atoms with Crippen molar-refractivity contribution in [1.82, 2.24) is 0 Å². The Morgan fingerprint density at radius 2 is 1.90 bits per heavy atom. The lowest BCUT2D eigenvalue weighted by Crippen LogP contribution is -2.13. The molecule has 0 unspecified atom stereocenters. The summed E-state index contributed by atoms with van der Waals surface area (Å²) in [6.07, 6.45) is 0. The number of rotatable bonds is 3. The number of amides is 1. The number of aryl methyl sites for hydroxylation is 2. The highest BCUT2D eigenvalue weighted by atomic mass is 16.3. The predicted molar refractivity (Wildman–Crippen MR) is 77.9 cm³/mol. The van der Waals surface area contributed by atoms with E-state index in [4.69, 9.17) is 5.11 Å². The molecule has 3 N–H and O–H groups in total. The van der Waals surface area contributed by atoms with Crippen LogP contribution in [0.25, 0.3) is 0 Å². The molecule has 0 fully saturated rings. The van der Waals surface area contributed by atoms with Gasteiger partial charge >= 0.3 is 0 Å². The van der Waals surface area contributed by atoms with Crippen LogP contribution < -0.4 is 5.32 Å². The van der Waals surface area contributed by atoms with Gasteiger partial charge in [-0.05, 0) is 54.8 Å². The summed E-state index contributed by atoms with van der Waals surface area (Å²) < 4.78 is 0. The standard InChI is InChI=1S/C16H17NO3/c1-10-5-13(8-14(19)6-10)16(20)17-15-7-12(9-18)4-3-11(15)2/h3-8,18-19H,9H2,1-2H3,(H,17,20). The quantitative estimate of drug-likeness (QED) is 0.804. The Hall–Kier alpha value is -2.33. The number of anilines is 1. The lowest BCUT2D eigenvalue weighted by atomic mass is 10.1. The number of carbonyl (C=O) groups excluding carboxylic acids is 1. The first-order valence-electron chi connectivity index (χ1n) is 6.32. The summed E-state index contributed by atoms with van der Waals surface area (Å²) in [7, 11) is 0. The monoisotopic (exact) mass is 271 g/mol. The molecular formula is C16H17NO3. The molecule has 0 heterocycles. The first-order chi connectivity index (χ1) is 9.49. The highest BCUT2D eigenvalue weighted by Gasteiger charge is 2.10. The Morgan fingerprint density at radius 3 is 2.55 bits per heavy atom. The number of hydrogen-bond acceptors (Lipinski definition) is 3. The molecule has 0 aliphatic carbocycles. The van der Waals surface area contributed by atoms with Crippen LogP contribution in [0.1, 0.15) is 27.0 Å². The van der Waals surface area contributed by atoms with Gasteiger partial charge in [-0.2, -0.15) is 0 Å². The number of nitrogens with one attached hydrogen (secondary N) is 1. The number of aliphatic hydroxyl groups excluding tert-OH is 1. The van der Waals surface area contributed by atoms with Gasteiger partial charge in [-0.15, -0.1) is 0 Å². The zero-order valence-electron chi connectivity index (χ0n) is 11.5. The van der Waals surface area contributed by atoms with Crippen molar-refractivity contribution in [3.05, 3.63) is 58.7 Å². The van der Waals surface area contributed by atoms with Gasteiger partial charge in [-0.1, -0.05) is 12.1 Å². The second-order valence-electron chi connectivity index (χ2n) is 4.82. The maximum atomic E-state index is 12.2. The van der Waals surface area contributed by atoms with Crippen molar-refractivity contribution in [2.75, 3.05) is 5.32 Å². The zero-order valence-corrected chi connectivity index (χ0v) is 11.5. The lowest BCUT2D eigenvalue weighted by molar-refractivity contribution is 0.102. The van der Waals surface area contributed by atoms with E-state index in [1.165, 1.54) is 6.07 Å². The van der Waals surface area contributed by atoms with Crippen LogP contribution in [0.5, 0.6) is 5.75 Å². The van der Waals surface area contributed by atoms with Gasteiger partial charge in [-0.3, -0.25) is 4.79 Å². The maximum absolute atomic E-state index is 12.2. The minimum Gasteiger partial charge on any atom is -0.508 e. The third kappa shape index (κ3) is 3.16. The van der Waals surface area contributed by atoms with E-state index in [2.05, 4.69) is 5.32 Å². The van der Waals surface area contributed by atoms with Crippen LogP contribution in [0.2, 0.25) is 0 Å². The van der Waals surface area contributed by atoms with Crippen LogP contribution in [0.4, 0.5) is 5.69 Å². The summed E-state index contributed by atoms with van der Waals surface area (Å²) >= 11 is 0. The molecule has 1 amide bonds. The molecule has 0 aliphatic heterocycles. The molecule has 0 aromatic heterocycles. The number of hydrogen-bond donors (Lipinski definition) is 3. The molecule has 2 aromatic carbocycles. The first kappa shape index (κ1) is 14.1. The van der Waals surface area contributed by atoms with Crippen LogP contribution in [0.3, 0.4) is 0 Å². The third-order valence-electron chi connectivity index (χ3n) is 3.06. The Kier molecular flexibility index (Phi) is 4.05. The molecule has 0 aliphatic rings. The Bertz CT molecular complexity index is 630. The van der Waals surface area contributed by atoms with Gasteiger partial charge in [0.1, 0.15) is 5.75 Å². The predicted octanol–water partition coefficient (Wildman–Crippen LogP) is 2.75. The Morgan fingerprint density at radius 1 is 1.15 bits per heavy atom. The van der Waals surface area contributed by atoms with E-state index >= 15 is 0 Å². The van der Waals surface area contributed by atoms with Crippen LogP contribution in [0.15, 0.2) is 36.4 Å². The van der Waals surface area contributed by atoms with Crippen LogP contribution in [-0.4, -0.2) is 16.1 Å². The highest BCUT2D eigenvalue weighted by Crippen LogP contribution is 2.20. The fraction of sp³-hybridized carbons (Fsp3) is 0.188. The summed E-state index contributed by atoms with van der Waals surface area (Å²) in [5.74, 6) is -0.224. The Labute approximate surface area is 117 Å². The average molecular weight is 271 g/mol. The topological polar surface area (TPSA) is 69.6 Å². The summed E-state index contributed by atoms with van der Waals surface area (Å²) in [6, 6.07) is 10.1. The molecule has 0 saturated carbocycles. The summed E-state index contributed by atoms with van der Waals surface area (Å²) in [5.41, 5.74) is 3.51. The van der Waals surface area contributed by atoms with Crippen molar-refractivity contribution < 1.29 is 15.0 Å². The normalized spacial score (nSPS) is 10.3. The molecule has 104 valence electrons. The third-order valence-corrected chi connectivity index (χ3v) is 3.06. The van der Waals surface area contributed by atoms with Gasteiger partial charge in [0, 0.05) is 11.3 Å². The second kappa shape index (κ2) is 5.75. The van der Waals surface area contributed by atoms with Crippen LogP contribution in [-0.2, 0) is 6.61 Å². The SMILES string of the molecule is Cc1cc(O)cc(C(=O)Nc2cc(CO)ccc2C)c1. The van der Waals surface area contributed by atoms with Gasteiger partial charge in [-0.25, -0.2) is 0 Å². The molecular weight excluding hydrogens is 254 g/mol. The van der Waals surface area contributed by atoms with Crippen molar-refractivity contribution in [3.63, 3.8) is 0 Å². The number of phenolic OH excluding ortho intramolecular Hbond substituents is 1. The number of phenols is 1. The molecule has 0 saturated heterocycles. The molecule has 20 heavy (non-hydrogen) atoms. The van der Waals surface area contributed by atoms with Crippen molar-refractivity contribution in [2.45, 2.75) is 20.5 Å². The van der Waals surface area contributed by atoms with E-state index in [1.54, 1.807) is 18.2 Å². The fourth-order valence-corrected chi connectivity index (χ4v) is 1.99. The molecule has 0 bridgehead atoms. The average Bonchev–Trinajstić information content (AvgIpc) is 2.40. The number of aromatic hydroxyl groups is 1. The first-order valence-corrected chi connectivity index (χ1v) is 6.32. The van der Waals surface area contributed by atoms with E-state index in [-0.39, 0.29) is 18.3 Å². The number of carbonyl (C=O) groups is 1. The minimum absolute atomic E-state index is 0.0657. The summed E-state index contributed by atoms with van der Waals surface area (Å²) in [6.45, 7) is 3.62. The van der Waals surface area contributed by atoms with E-state index in [0.29, 0.717) is 11.3 Å². The lowest BCUT2D eigenvalue weighted by Gasteiger charge is -2.10. The van der Waals surface area contributed by atoms with Crippen molar-refractivity contribution in [2.24, 2.45) is 0 Å². The van der Waals surface area contributed by atoms with Gasteiger partial charge in [0.25, 0.3) is 5.91 Å². The largest absolute Gasteiger partial charge is 0.508 e. The molecule has 0 spiro atoms. The number of aliphatic hydroxyl groups is 1. The van der Waals surface area contributed by atoms with Gasteiger partial charge in [0.05, 0.1) is 6.61 Å². The molecule has 0 radical (unpaired) electrons. The van der Waals surface area contributed by atoms with Crippen molar-refractivity contribution in [3.8, 4) is 5.75 Å². The fourth-order valence-electron chi connectivity index (χ4n) is 1.99. The van der Waals surface area contributed by atoms with Gasteiger partial charge < -0.3 is 15.5 Å². The summed E-state index contributed by atoms with van der Waals surface area (Å²) in [4.78, 5) is 12.2. The number of benzene rings is 2. The zero-order chi connectivity index (χ0) is 14.7. The van der Waals surface area contributed by atoms with Gasteiger partial charge in [0.15, 0.2) is 0 Å². The Balaban J connectivity index is 2.27. The smallest absolute Gasteiger partial charge is 0.255 e. The molecule has 0 atom stereocenters.